The molecule has 3 rings (SSSR count). The summed E-state index contributed by atoms with van der Waals surface area (Å²) in [5.74, 6) is -0.612. The van der Waals surface area contributed by atoms with E-state index in [0.717, 1.165) is 6.26 Å². The van der Waals surface area contributed by atoms with Gasteiger partial charge in [0.25, 0.3) is 5.56 Å². The van der Waals surface area contributed by atoms with Gasteiger partial charge in [-0.2, -0.15) is 0 Å². The molecule has 0 spiro atoms. The van der Waals surface area contributed by atoms with Gasteiger partial charge in [0.2, 0.25) is 5.65 Å². The molecule has 0 unspecified atom stereocenters. The number of nitrogens with one attached hydrogen (secondary N) is 1. The van der Waals surface area contributed by atoms with Gasteiger partial charge in [0.15, 0.2) is 15.5 Å². The molecule has 0 saturated heterocycles. The summed E-state index contributed by atoms with van der Waals surface area (Å²) >= 11 is 0. The Labute approximate surface area is 137 Å². The monoisotopic (exact) mass is 349 g/mol. The van der Waals surface area contributed by atoms with Gasteiger partial charge in [-0.25, -0.2) is 18.2 Å². The molecule has 1 N–H and O–H groups in total. The number of hydrogen-bond donors (Lipinski definition) is 1. The quantitative estimate of drug-likeness (QED) is 0.708. The number of imidazole rings is 1. The summed E-state index contributed by atoms with van der Waals surface area (Å²) in [6, 6.07) is 4.39. The molecule has 0 atom stereocenters. The summed E-state index contributed by atoms with van der Waals surface area (Å²) in [7, 11) is -3.41. The molecule has 0 aliphatic heterocycles. The van der Waals surface area contributed by atoms with Crippen LogP contribution in [-0.4, -0.2) is 41.6 Å². The minimum Gasteiger partial charge on any atom is -0.461 e. The Morgan fingerprint density at radius 3 is 2.71 bits per heavy atom. The molecule has 9 heteroatoms. The van der Waals surface area contributed by atoms with Crippen LogP contribution < -0.4 is 5.56 Å². The van der Waals surface area contributed by atoms with E-state index in [0.29, 0.717) is 16.7 Å². The fourth-order valence-corrected chi connectivity index (χ4v) is 3.21. The van der Waals surface area contributed by atoms with Crippen molar-refractivity contribution in [1.82, 2.24) is 14.4 Å². The minimum atomic E-state index is -3.41. The molecule has 2 aromatic heterocycles. The predicted octanol–water partition coefficient (Wildman–Crippen LogP) is 1.06. The lowest BCUT2D eigenvalue weighted by Gasteiger charge is -2.06. The number of hydrogen-bond acceptors (Lipinski definition) is 6. The van der Waals surface area contributed by atoms with Crippen LogP contribution in [-0.2, 0) is 14.6 Å². The van der Waals surface area contributed by atoms with Gasteiger partial charge < -0.3 is 9.72 Å². The summed E-state index contributed by atoms with van der Waals surface area (Å²) in [6.07, 6.45) is 1.09. The summed E-state index contributed by atoms with van der Waals surface area (Å²) in [5.41, 5.74) is 0.916. The molecule has 126 valence electrons. The first-order chi connectivity index (χ1) is 11.2. The molecule has 2 heterocycles. The van der Waals surface area contributed by atoms with E-state index < -0.39 is 21.4 Å². The third-order valence-electron chi connectivity index (χ3n) is 3.66. The van der Waals surface area contributed by atoms with Crippen LogP contribution in [0.25, 0.3) is 16.7 Å². The van der Waals surface area contributed by atoms with Crippen molar-refractivity contribution in [1.29, 1.82) is 0 Å². The molecular weight excluding hydrogens is 334 g/mol. The summed E-state index contributed by atoms with van der Waals surface area (Å²) < 4.78 is 29.8. The van der Waals surface area contributed by atoms with Crippen molar-refractivity contribution in [2.75, 3.05) is 12.9 Å². The molecule has 24 heavy (non-hydrogen) atoms. The number of sulfone groups is 1. The molecule has 0 aliphatic carbocycles. The molecule has 0 fully saturated rings. The molecule has 0 radical (unpaired) electrons. The largest absolute Gasteiger partial charge is 0.461 e. The van der Waals surface area contributed by atoms with Crippen LogP contribution in [0.1, 0.15) is 23.1 Å². The Balaban J connectivity index is 2.39. The number of ether oxygens (including phenoxy) is 1. The smallest absolute Gasteiger partial charge is 0.358 e. The van der Waals surface area contributed by atoms with Crippen LogP contribution in [0.4, 0.5) is 0 Å². The number of aryl methyl sites for hydroxylation is 1. The molecule has 0 saturated carbocycles. The number of nitrogens with zero attached hydrogens (tertiary/aromatic N) is 2. The minimum absolute atomic E-state index is 0.0511. The molecule has 0 aliphatic rings. The number of rotatable bonds is 3. The molecule has 1 aromatic carbocycles. The first-order valence-electron chi connectivity index (χ1n) is 7.16. The Morgan fingerprint density at radius 2 is 2.08 bits per heavy atom. The maximum atomic E-state index is 12.3. The Kier molecular flexibility index (Phi) is 3.67. The Morgan fingerprint density at radius 1 is 1.38 bits per heavy atom. The van der Waals surface area contributed by atoms with Gasteiger partial charge in [-0.1, -0.05) is 0 Å². The highest BCUT2D eigenvalue weighted by atomic mass is 32.2. The van der Waals surface area contributed by atoms with Crippen LogP contribution >= 0.6 is 0 Å². The van der Waals surface area contributed by atoms with E-state index in [4.69, 9.17) is 4.74 Å². The second kappa shape index (κ2) is 5.45. The SMILES string of the molecule is CCOC(=O)c1nc2c(=O)[nH]c3cc(S(C)(=O)=O)ccc3n2c1C. The Hall–Kier alpha value is -2.68. The van der Waals surface area contributed by atoms with Gasteiger partial charge in [0, 0.05) is 6.26 Å². The highest BCUT2D eigenvalue weighted by Gasteiger charge is 2.21. The second-order valence-corrected chi connectivity index (χ2v) is 7.35. The lowest BCUT2D eigenvalue weighted by atomic mass is 10.3. The number of aromatic nitrogens is 3. The number of H-pyrrole nitrogens is 1. The van der Waals surface area contributed by atoms with E-state index in [1.807, 2.05) is 0 Å². The third-order valence-corrected chi connectivity index (χ3v) is 4.78. The summed E-state index contributed by atoms with van der Waals surface area (Å²) in [5, 5.41) is 0. The molecular formula is C15H15N3O5S. The van der Waals surface area contributed by atoms with Gasteiger partial charge in [0.1, 0.15) is 0 Å². The predicted molar refractivity (Wildman–Crippen MR) is 87.1 cm³/mol. The van der Waals surface area contributed by atoms with Gasteiger partial charge in [-0.15, -0.1) is 0 Å². The number of benzene rings is 1. The average molecular weight is 349 g/mol. The van der Waals surface area contributed by atoms with E-state index >= 15 is 0 Å². The van der Waals surface area contributed by atoms with Crippen molar-refractivity contribution in [3.05, 3.63) is 39.9 Å². The third kappa shape index (κ3) is 2.46. The normalized spacial score (nSPS) is 12.0. The first-order valence-corrected chi connectivity index (χ1v) is 9.05. The van der Waals surface area contributed by atoms with Crippen LogP contribution in [0, 0.1) is 6.92 Å². The van der Waals surface area contributed by atoms with Crippen molar-refractivity contribution in [3.8, 4) is 0 Å². The van der Waals surface area contributed by atoms with Crippen LogP contribution in [0.15, 0.2) is 27.9 Å². The highest BCUT2D eigenvalue weighted by molar-refractivity contribution is 7.90. The summed E-state index contributed by atoms with van der Waals surface area (Å²) in [6.45, 7) is 3.52. The highest BCUT2D eigenvalue weighted by Crippen LogP contribution is 2.20. The van der Waals surface area contributed by atoms with Gasteiger partial charge in [-0.05, 0) is 32.0 Å². The molecule has 0 amide bonds. The van der Waals surface area contributed by atoms with Crippen LogP contribution in [0.3, 0.4) is 0 Å². The fourth-order valence-electron chi connectivity index (χ4n) is 2.56. The Bertz CT molecular complexity index is 1140. The number of carbonyl (C=O) groups excluding carboxylic acids is 1. The van der Waals surface area contributed by atoms with Gasteiger partial charge in [-0.3, -0.25) is 9.20 Å². The van der Waals surface area contributed by atoms with Gasteiger partial charge >= 0.3 is 5.97 Å². The zero-order valence-corrected chi connectivity index (χ0v) is 14.1. The van der Waals surface area contributed by atoms with E-state index in [9.17, 15) is 18.0 Å². The van der Waals surface area contributed by atoms with Crippen molar-refractivity contribution >= 4 is 32.5 Å². The van der Waals surface area contributed by atoms with Crippen LogP contribution in [0.5, 0.6) is 0 Å². The number of esters is 1. The van der Waals surface area contributed by atoms with Crippen molar-refractivity contribution in [2.24, 2.45) is 0 Å². The van der Waals surface area contributed by atoms with E-state index in [1.54, 1.807) is 19.9 Å². The van der Waals surface area contributed by atoms with Gasteiger partial charge in [0.05, 0.1) is 28.2 Å². The lowest BCUT2D eigenvalue weighted by molar-refractivity contribution is 0.0519. The second-order valence-electron chi connectivity index (χ2n) is 5.33. The maximum Gasteiger partial charge on any atom is 0.358 e. The number of fused-ring (bicyclic) bond motifs is 3. The summed E-state index contributed by atoms with van der Waals surface area (Å²) in [4.78, 5) is 31.0. The van der Waals surface area contributed by atoms with E-state index in [2.05, 4.69) is 9.97 Å². The number of aromatic amines is 1. The van der Waals surface area contributed by atoms with Crippen LogP contribution in [0.2, 0.25) is 0 Å². The van der Waals surface area contributed by atoms with E-state index in [-0.39, 0.29) is 22.8 Å². The van der Waals surface area contributed by atoms with Crippen molar-refractivity contribution in [3.63, 3.8) is 0 Å². The maximum absolute atomic E-state index is 12.3. The number of carbonyl (C=O) groups is 1. The first kappa shape index (κ1) is 16.2. The lowest BCUT2D eigenvalue weighted by Crippen LogP contribution is -2.12. The molecule has 8 nitrogen and oxygen atoms in total. The molecule has 3 aromatic rings. The average Bonchev–Trinajstić information content (AvgIpc) is 2.85. The topological polar surface area (TPSA) is 111 Å². The fraction of sp³-hybridized carbons (Fsp3) is 0.267. The van der Waals surface area contributed by atoms with Crippen molar-refractivity contribution in [2.45, 2.75) is 18.7 Å². The zero-order chi connectivity index (χ0) is 17.6. The van der Waals surface area contributed by atoms with E-state index in [1.165, 1.54) is 16.5 Å². The zero-order valence-electron chi connectivity index (χ0n) is 13.3. The van der Waals surface area contributed by atoms with Crippen molar-refractivity contribution < 1.29 is 17.9 Å². The molecule has 0 bridgehead atoms. The standard InChI is InChI=1S/C15H15N3O5S/c1-4-23-15(20)12-8(2)18-11-6-5-9(24(3,21)22)7-10(11)16-14(19)13(18)17-12/h5-7H,4H2,1-3H3,(H,16,19).